The average Bonchev–Trinajstić information content (AvgIpc) is 2.41. The van der Waals surface area contributed by atoms with Crippen molar-refractivity contribution in [2.24, 2.45) is 0 Å². The molecule has 0 bridgehead atoms. The third-order valence-electron chi connectivity index (χ3n) is 2.83. The first-order valence-corrected chi connectivity index (χ1v) is 6.79. The molecule has 1 aromatic rings. The fourth-order valence-corrected chi connectivity index (χ4v) is 1.66. The van der Waals surface area contributed by atoms with Gasteiger partial charge >= 0.3 is 11.8 Å². The molecule has 1 aromatic carbocycles. The summed E-state index contributed by atoms with van der Waals surface area (Å²) >= 11 is 0. The number of rotatable bonds is 6. The summed E-state index contributed by atoms with van der Waals surface area (Å²) in [6.07, 6.45) is 4.31. The van der Waals surface area contributed by atoms with Crippen molar-refractivity contribution >= 4 is 17.5 Å². The van der Waals surface area contributed by atoms with Crippen LogP contribution in [-0.2, 0) is 9.59 Å². The van der Waals surface area contributed by atoms with E-state index >= 15 is 0 Å². The smallest absolute Gasteiger partial charge is 0.313 e. The van der Waals surface area contributed by atoms with Gasteiger partial charge in [-0.1, -0.05) is 43.9 Å². The van der Waals surface area contributed by atoms with E-state index in [-0.39, 0.29) is 0 Å². The monoisotopic (exact) mass is 262 g/mol. The lowest BCUT2D eigenvalue weighted by Gasteiger charge is -2.06. The largest absolute Gasteiger partial charge is 0.348 e. The highest BCUT2D eigenvalue weighted by Crippen LogP contribution is 2.08. The molecular formula is C15H22N2O2. The van der Waals surface area contributed by atoms with E-state index < -0.39 is 11.8 Å². The summed E-state index contributed by atoms with van der Waals surface area (Å²) in [5, 5.41) is 5.19. The van der Waals surface area contributed by atoms with Gasteiger partial charge in [-0.2, -0.15) is 0 Å². The van der Waals surface area contributed by atoms with Gasteiger partial charge in [-0.15, -0.1) is 0 Å². The van der Waals surface area contributed by atoms with Crippen LogP contribution in [0.5, 0.6) is 0 Å². The zero-order valence-corrected chi connectivity index (χ0v) is 11.7. The minimum absolute atomic E-state index is 0.556. The van der Waals surface area contributed by atoms with Crippen molar-refractivity contribution in [1.29, 1.82) is 0 Å². The van der Waals surface area contributed by atoms with Gasteiger partial charge in [0.2, 0.25) is 0 Å². The first kappa shape index (κ1) is 15.2. The number of hydrogen-bond donors (Lipinski definition) is 2. The summed E-state index contributed by atoms with van der Waals surface area (Å²) in [7, 11) is 0. The molecule has 0 spiro atoms. The number of aryl methyl sites for hydroxylation is 1. The fraction of sp³-hybridized carbons (Fsp3) is 0.467. The molecule has 4 heteroatoms. The van der Waals surface area contributed by atoms with Crippen LogP contribution in [-0.4, -0.2) is 18.4 Å². The predicted molar refractivity (Wildman–Crippen MR) is 77.0 cm³/mol. The van der Waals surface area contributed by atoms with E-state index in [1.54, 1.807) is 12.1 Å². The summed E-state index contributed by atoms with van der Waals surface area (Å²) in [6.45, 7) is 4.66. The van der Waals surface area contributed by atoms with Crippen LogP contribution in [0.4, 0.5) is 5.69 Å². The van der Waals surface area contributed by atoms with E-state index in [2.05, 4.69) is 17.6 Å². The van der Waals surface area contributed by atoms with Crippen LogP contribution >= 0.6 is 0 Å². The lowest BCUT2D eigenvalue weighted by atomic mass is 10.2. The standard InChI is InChI=1S/C15H22N2O2/c1-3-4-5-6-11-16-14(18)15(19)17-13-9-7-12(2)8-10-13/h7-10H,3-6,11H2,1-2H3,(H,16,18)(H,17,19). The third-order valence-corrected chi connectivity index (χ3v) is 2.83. The van der Waals surface area contributed by atoms with Crippen molar-refractivity contribution in [1.82, 2.24) is 5.32 Å². The molecule has 2 amide bonds. The maximum absolute atomic E-state index is 11.6. The highest BCUT2D eigenvalue weighted by atomic mass is 16.2. The number of amides is 2. The number of carbonyl (C=O) groups excluding carboxylic acids is 2. The molecule has 0 saturated carbocycles. The maximum Gasteiger partial charge on any atom is 0.313 e. The van der Waals surface area contributed by atoms with Crippen molar-refractivity contribution in [3.05, 3.63) is 29.8 Å². The van der Waals surface area contributed by atoms with Gasteiger partial charge in [0.05, 0.1) is 0 Å². The number of hydrogen-bond acceptors (Lipinski definition) is 2. The van der Waals surface area contributed by atoms with Gasteiger partial charge in [0.25, 0.3) is 0 Å². The van der Waals surface area contributed by atoms with Gasteiger partial charge in [0.15, 0.2) is 0 Å². The highest BCUT2D eigenvalue weighted by molar-refractivity contribution is 6.39. The average molecular weight is 262 g/mol. The lowest BCUT2D eigenvalue weighted by molar-refractivity contribution is -0.136. The minimum atomic E-state index is -0.612. The van der Waals surface area contributed by atoms with E-state index in [0.29, 0.717) is 12.2 Å². The van der Waals surface area contributed by atoms with Crippen LogP contribution in [0.2, 0.25) is 0 Å². The number of unbranched alkanes of at least 4 members (excludes halogenated alkanes) is 3. The Morgan fingerprint density at radius 1 is 1.00 bits per heavy atom. The molecular weight excluding hydrogens is 240 g/mol. The zero-order valence-electron chi connectivity index (χ0n) is 11.7. The summed E-state index contributed by atoms with van der Waals surface area (Å²) in [4.78, 5) is 23.1. The SMILES string of the molecule is CCCCCCNC(=O)C(=O)Nc1ccc(C)cc1. The molecule has 2 N–H and O–H groups in total. The van der Waals surface area contributed by atoms with Crippen LogP contribution < -0.4 is 10.6 Å². The number of benzene rings is 1. The number of nitrogens with one attached hydrogen (secondary N) is 2. The third kappa shape index (κ3) is 6.04. The number of carbonyl (C=O) groups is 2. The van der Waals surface area contributed by atoms with E-state index in [1.165, 1.54) is 0 Å². The second kappa shape index (κ2) is 8.29. The van der Waals surface area contributed by atoms with Gasteiger partial charge in [-0.3, -0.25) is 9.59 Å². The van der Waals surface area contributed by atoms with Crippen LogP contribution in [0, 0.1) is 6.92 Å². The Hall–Kier alpha value is -1.84. The maximum atomic E-state index is 11.6. The molecule has 104 valence electrons. The fourth-order valence-electron chi connectivity index (χ4n) is 1.66. The molecule has 0 fully saturated rings. The molecule has 0 atom stereocenters. The van der Waals surface area contributed by atoms with E-state index in [1.807, 2.05) is 19.1 Å². The van der Waals surface area contributed by atoms with Crippen LogP contribution in [0.1, 0.15) is 38.2 Å². The van der Waals surface area contributed by atoms with Crippen LogP contribution in [0.25, 0.3) is 0 Å². The molecule has 19 heavy (non-hydrogen) atoms. The summed E-state index contributed by atoms with van der Waals surface area (Å²) in [5.41, 5.74) is 1.75. The Morgan fingerprint density at radius 2 is 1.68 bits per heavy atom. The Morgan fingerprint density at radius 3 is 2.32 bits per heavy atom. The van der Waals surface area contributed by atoms with Crippen molar-refractivity contribution < 1.29 is 9.59 Å². The highest BCUT2D eigenvalue weighted by Gasteiger charge is 2.12. The van der Waals surface area contributed by atoms with Crippen LogP contribution in [0.3, 0.4) is 0 Å². The van der Waals surface area contributed by atoms with Gasteiger partial charge in [-0.05, 0) is 25.5 Å². The van der Waals surface area contributed by atoms with E-state index in [0.717, 1.165) is 31.2 Å². The van der Waals surface area contributed by atoms with Crippen LogP contribution in [0.15, 0.2) is 24.3 Å². The molecule has 0 heterocycles. The second-order valence-corrected chi connectivity index (χ2v) is 4.64. The first-order chi connectivity index (χ1) is 9.13. The molecule has 1 rings (SSSR count). The molecule has 0 saturated heterocycles. The molecule has 0 radical (unpaired) electrons. The van der Waals surface area contributed by atoms with Crippen molar-refractivity contribution in [2.45, 2.75) is 39.5 Å². The Bertz CT molecular complexity index is 413. The first-order valence-electron chi connectivity index (χ1n) is 6.79. The second-order valence-electron chi connectivity index (χ2n) is 4.64. The van der Waals surface area contributed by atoms with E-state index in [4.69, 9.17) is 0 Å². The molecule has 0 aliphatic carbocycles. The molecule has 0 aromatic heterocycles. The summed E-state index contributed by atoms with van der Waals surface area (Å²) < 4.78 is 0. The Balaban J connectivity index is 2.28. The Labute approximate surface area is 114 Å². The van der Waals surface area contributed by atoms with Gasteiger partial charge in [0.1, 0.15) is 0 Å². The summed E-state index contributed by atoms with van der Waals surface area (Å²) in [6, 6.07) is 7.33. The van der Waals surface area contributed by atoms with Gasteiger partial charge < -0.3 is 10.6 Å². The quantitative estimate of drug-likeness (QED) is 0.611. The zero-order chi connectivity index (χ0) is 14.1. The summed E-state index contributed by atoms with van der Waals surface area (Å²) in [5.74, 6) is -1.18. The minimum Gasteiger partial charge on any atom is -0.348 e. The predicted octanol–water partition coefficient (Wildman–Crippen LogP) is 2.63. The normalized spacial score (nSPS) is 10.0. The van der Waals surface area contributed by atoms with E-state index in [9.17, 15) is 9.59 Å². The molecule has 0 aliphatic heterocycles. The lowest BCUT2D eigenvalue weighted by Crippen LogP contribution is -2.35. The van der Waals surface area contributed by atoms with Gasteiger partial charge in [-0.25, -0.2) is 0 Å². The Kier molecular flexibility index (Phi) is 6.64. The van der Waals surface area contributed by atoms with Crippen molar-refractivity contribution in [3.8, 4) is 0 Å². The molecule has 0 aliphatic rings. The molecule has 4 nitrogen and oxygen atoms in total. The topological polar surface area (TPSA) is 58.2 Å². The number of anilines is 1. The molecule has 0 unspecified atom stereocenters. The van der Waals surface area contributed by atoms with Gasteiger partial charge in [0, 0.05) is 12.2 Å². The van der Waals surface area contributed by atoms with Crippen molar-refractivity contribution in [3.63, 3.8) is 0 Å². The van der Waals surface area contributed by atoms with Crippen molar-refractivity contribution in [2.75, 3.05) is 11.9 Å².